The Labute approximate surface area is 157 Å². The molecule has 2 amide bonds. The third kappa shape index (κ3) is 6.22. The molecule has 2 aromatic rings. The van der Waals surface area contributed by atoms with Crippen LogP contribution in [-0.2, 0) is 9.59 Å². The standard InChI is InChI=1S/C19H20ClN3O3/c1-2-11-26-17-10-6-3-7-14(17)13-21-23-19(25)12-18(24)22-16-9-5-4-8-15(16)20/h3-10,13H,2,11-12H2,1H3,(H,22,24)(H,23,25). The van der Waals surface area contributed by atoms with Crippen molar-refractivity contribution in [1.82, 2.24) is 5.43 Å². The molecule has 0 atom stereocenters. The zero-order valence-corrected chi connectivity index (χ0v) is 15.1. The number of ether oxygens (including phenoxy) is 1. The average Bonchev–Trinajstić information content (AvgIpc) is 2.62. The van der Waals surface area contributed by atoms with Crippen LogP contribution >= 0.6 is 11.6 Å². The lowest BCUT2D eigenvalue weighted by Gasteiger charge is -2.07. The maximum atomic E-state index is 11.9. The summed E-state index contributed by atoms with van der Waals surface area (Å²) in [6.45, 7) is 2.62. The lowest BCUT2D eigenvalue weighted by Crippen LogP contribution is -2.24. The van der Waals surface area contributed by atoms with Crippen molar-refractivity contribution in [1.29, 1.82) is 0 Å². The van der Waals surface area contributed by atoms with Crippen molar-refractivity contribution in [3.05, 3.63) is 59.1 Å². The van der Waals surface area contributed by atoms with Gasteiger partial charge in [0.25, 0.3) is 0 Å². The zero-order valence-electron chi connectivity index (χ0n) is 14.4. The fraction of sp³-hybridized carbons (Fsp3) is 0.211. The van der Waals surface area contributed by atoms with E-state index >= 15 is 0 Å². The Kier molecular flexibility index (Phi) is 7.64. The van der Waals surface area contributed by atoms with E-state index in [9.17, 15) is 9.59 Å². The Hall–Kier alpha value is -2.86. The largest absolute Gasteiger partial charge is 0.493 e. The SMILES string of the molecule is CCCOc1ccccc1C=NNC(=O)CC(=O)Nc1ccccc1Cl. The highest BCUT2D eigenvalue weighted by molar-refractivity contribution is 6.33. The van der Waals surface area contributed by atoms with Crippen LogP contribution in [0.1, 0.15) is 25.3 Å². The number of nitrogens with zero attached hydrogens (tertiary/aromatic N) is 1. The highest BCUT2D eigenvalue weighted by Crippen LogP contribution is 2.20. The number of amides is 2. The number of benzene rings is 2. The zero-order chi connectivity index (χ0) is 18.8. The lowest BCUT2D eigenvalue weighted by molar-refractivity contribution is -0.126. The first-order chi connectivity index (χ1) is 12.6. The summed E-state index contributed by atoms with van der Waals surface area (Å²) in [6.07, 6.45) is 2.01. The smallest absolute Gasteiger partial charge is 0.249 e. The van der Waals surface area contributed by atoms with Gasteiger partial charge in [-0.25, -0.2) is 5.43 Å². The van der Waals surface area contributed by atoms with Crippen LogP contribution in [0.5, 0.6) is 5.75 Å². The van der Waals surface area contributed by atoms with Gasteiger partial charge in [-0.15, -0.1) is 0 Å². The molecule has 0 spiro atoms. The third-order valence-electron chi connectivity index (χ3n) is 3.24. The van der Waals surface area contributed by atoms with E-state index < -0.39 is 11.8 Å². The molecule has 2 aromatic carbocycles. The number of halogens is 1. The fourth-order valence-electron chi connectivity index (χ4n) is 2.05. The molecule has 0 radical (unpaired) electrons. The summed E-state index contributed by atoms with van der Waals surface area (Å²) in [6, 6.07) is 14.2. The van der Waals surface area contributed by atoms with Gasteiger partial charge in [-0.2, -0.15) is 5.10 Å². The van der Waals surface area contributed by atoms with Gasteiger partial charge in [-0.05, 0) is 30.7 Å². The number of anilines is 1. The molecule has 0 fully saturated rings. The molecule has 26 heavy (non-hydrogen) atoms. The predicted octanol–water partition coefficient (Wildman–Crippen LogP) is 3.61. The van der Waals surface area contributed by atoms with Crippen LogP contribution in [0.15, 0.2) is 53.6 Å². The van der Waals surface area contributed by atoms with Gasteiger partial charge in [-0.3, -0.25) is 9.59 Å². The highest BCUT2D eigenvalue weighted by Gasteiger charge is 2.10. The molecule has 0 saturated heterocycles. The van der Waals surface area contributed by atoms with Gasteiger partial charge in [0.05, 0.1) is 23.5 Å². The van der Waals surface area contributed by atoms with Crippen LogP contribution in [0.25, 0.3) is 0 Å². The van der Waals surface area contributed by atoms with E-state index in [1.165, 1.54) is 6.21 Å². The van der Waals surface area contributed by atoms with Crippen LogP contribution in [0.4, 0.5) is 5.69 Å². The number of nitrogens with one attached hydrogen (secondary N) is 2. The molecule has 6 nitrogen and oxygen atoms in total. The van der Waals surface area contributed by atoms with Gasteiger partial charge in [-0.1, -0.05) is 42.8 Å². The summed E-state index contributed by atoms with van der Waals surface area (Å²) in [4.78, 5) is 23.7. The molecule has 0 bridgehead atoms. The van der Waals surface area contributed by atoms with Gasteiger partial charge in [0, 0.05) is 5.56 Å². The molecule has 7 heteroatoms. The number of carbonyl (C=O) groups is 2. The summed E-state index contributed by atoms with van der Waals surface area (Å²) in [5.74, 6) is -0.320. The van der Waals surface area contributed by atoms with E-state index in [1.54, 1.807) is 24.3 Å². The molecule has 136 valence electrons. The second kappa shape index (κ2) is 10.2. The van der Waals surface area contributed by atoms with Gasteiger partial charge in [0.15, 0.2) is 0 Å². The number of carbonyl (C=O) groups excluding carboxylic acids is 2. The third-order valence-corrected chi connectivity index (χ3v) is 3.57. The molecule has 0 aliphatic carbocycles. The summed E-state index contributed by atoms with van der Waals surface area (Å²) >= 11 is 5.96. The topological polar surface area (TPSA) is 79.8 Å². The normalized spacial score (nSPS) is 10.5. The van der Waals surface area contributed by atoms with Crippen molar-refractivity contribution in [3.8, 4) is 5.75 Å². The minimum atomic E-state index is -0.530. The first kappa shape index (κ1) is 19.5. The minimum Gasteiger partial charge on any atom is -0.493 e. The fourth-order valence-corrected chi connectivity index (χ4v) is 2.23. The Balaban J connectivity index is 1.86. The van der Waals surface area contributed by atoms with Crippen molar-refractivity contribution >= 4 is 35.3 Å². The first-order valence-corrected chi connectivity index (χ1v) is 8.56. The summed E-state index contributed by atoms with van der Waals surface area (Å²) in [5.41, 5.74) is 3.52. The summed E-state index contributed by atoms with van der Waals surface area (Å²) in [7, 11) is 0. The van der Waals surface area contributed by atoms with Crippen LogP contribution in [0, 0.1) is 0 Å². The molecule has 0 heterocycles. The van der Waals surface area contributed by atoms with Crippen LogP contribution in [0.3, 0.4) is 0 Å². The maximum Gasteiger partial charge on any atom is 0.249 e. The Morgan fingerprint density at radius 2 is 1.85 bits per heavy atom. The highest BCUT2D eigenvalue weighted by atomic mass is 35.5. The molecule has 0 aromatic heterocycles. The molecular formula is C19H20ClN3O3. The average molecular weight is 374 g/mol. The first-order valence-electron chi connectivity index (χ1n) is 8.18. The maximum absolute atomic E-state index is 11.9. The number of hydrogen-bond acceptors (Lipinski definition) is 4. The van der Waals surface area contributed by atoms with Gasteiger partial charge < -0.3 is 10.1 Å². The van der Waals surface area contributed by atoms with Crippen molar-refractivity contribution < 1.29 is 14.3 Å². The Morgan fingerprint density at radius 1 is 1.12 bits per heavy atom. The number of hydrogen-bond donors (Lipinski definition) is 2. The van der Waals surface area contributed by atoms with Crippen LogP contribution in [-0.4, -0.2) is 24.6 Å². The second-order valence-corrected chi connectivity index (χ2v) is 5.79. The predicted molar refractivity (Wildman–Crippen MR) is 103 cm³/mol. The van der Waals surface area contributed by atoms with E-state index in [0.717, 1.165) is 12.0 Å². The molecule has 0 saturated carbocycles. The van der Waals surface area contributed by atoms with Crippen LogP contribution < -0.4 is 15.5 Å². The molecule has 0 aliphatic rings. The van der Waals surface area contributed by atoms with Gasteiger partial charge in [0.1, 0.15) is 12.2 Å². The Bertz CT molecular complexity index is 793. The summed E-state index contributed by atoms with van der Waals surface area (Å²) < 4.78 is 5.61. The van der Waals surface area contributed by atoms with Gasteiger partial charge in [0.2, 0.25) is 11.8 Å². The minimum absolute atomic E-state index is 0.365. The van der Waals surface area contributed by atoms with Crippen LogP contribution in [0.2, 0.25) is 5.02 Å². The lowest BCUT2D eigenvalue weighted by atomic mass is 10.2. The van der Waals surface area contributed by atoms with E-state index in [4.69, 9.17) is 16.3 Å². The molecule has 2 rings (SSSR count). The molecule has 0 unspecified atom stereocenters. The second-order valence-electron chi connectivity index (χ2n) is 5.38. The quantitative estimate of drug-likeness (QED) is 0.421. The Morgan fingerprint density at radius 3 is 2.62 bits per heavy atom. The number of hydrazone groups is 1. The monoisotopic (exact) mass is 373 g/mol. The van der Waals surface area contributed by atoms with Crippen molar-refractivity contribution in [2.75, 3.05) is 11.9 Å². The van der Waals surface area contributed by atoms with E-state index in [0.29, 0.717) is 23.1 Å². The van der Waals surface area contributed by atoms with Crippen molar-refractivity contribution in [2.24, 2.45) is 5.10 Å². The van der Waals surface area contributed by atoms with Gasteiger partial charge >= 0.3 is 0 Å². The number of para-hydroxylation sites is 2. The van der Waals surface area contributed by atoms with E-state index in [-0.39, 0.29) is 6.42 Å². The van der Waals surface area contributed by atoms with Crippen molar-refractivity contribution in [2.45, 2.75) is 19.8 Å². The molecular weight excluding hydrogens is 354 g/mol. The summed E-state index contributed by atoms with van der Waals surface area (Å²) in [5, 5.41) is 6.86. The number of rotatable bonds is 8. The van der Waals surface area contributed by atoms with E-state index in [1.807, 2.05) is 31.2 Å². The van der Waals surface area contributed by atoms with E-state index in [2.05, 4.69) is 15.8 Å². The van der Waals surface area contributed by atoms with Crippen molar-refractivity contribution in [3.63, 3.8) is 0 Å². The molecule has 2 N–H and O–H groups in total. The molecule has 0 aliphatic heterocycles.